The molecule has 2 amide bonds. The van der Waals surface area contributed by atoms with Crippen molar-refractivity contribution >= 4 is 50.6 Å². The lowest BCUT2D eigenvalue weighted by Gasteiger charge is -2.12. The molecule has 0 unspecified atom stereocenters. The molecule has 1 heterocycles. The van der Waals surface area contributed by atoms with Crippen LogP contribution in [0.4, 0.5) is 14.9 Å². The number of amides is 2. The minimum atomic E-state index is -0.613. The molecule has 1 fully saturated rings. The van der Waals surface area contributed by atoms with E-state index in [1.165, 1.54) is 42.5 Å². The SMILES string of the molecule is O=C1S/C(=C\c2cc(Br)ccc2F)C(=O)N1Cc1ccccc1[N+](=O)[O-]. The number of nitro groups is 1. The van der Waals surface area contributed by atoms with Gasteiger partial charge in [-0.2, -0.15) is 0 Å². The highest BCUT2D eigenvalue weighted by atomic mass is 79.9. The maximum Gasteiger partial charge on any atom is 0.293 e. The molecule has 1 aliphatic heterocycles. The predicted octanol–water partition coefficient (Wildman–Crippen LogP) is 4.73. The van der Waals surface area contributed by atoms with Gasteiger partial charge in [0.25, 0.3) is 16.8 Å². The van der Waals surface area contributed by atoms with Crippen LogP contribution >= 0.6 is 27.7 Å². The van der Waals surface area contributed by atoms with Crippen LogP contribution in [-0.4, -0.2) is 21.0 Å². The largest absolute Gasteiger partial charge is 0.293 e. The topological polar surface area (TPSA) is 80.5 Å². The van der Waals surface area contributed by atoms with Gasteiger partial charge in [0, 0.05) is 21.7 Å². The third kappa shape index (κ3) is 3.68. The highest BCUT2D eigenvalue weighted by molar-refractivity contribution is 9.10. The summed E-state index contributed by atoms with van der Waals surface area (Å²) in [5.74, 6) is -1.14. The Balaban J connectivity index is 1.89. The molecule has 132 valence electrons. The van der Waals surface area contributed by atoms with Crippen LogP contribution in [0.5, 0.6) is 0 Å². The lowest BCUT2D eigenvalue weighted by atomic mass is 10.1. The smallest absolute Gasteiger partial charge is 0.268 e. The number of nitro benzene ring substituents is 1. The lowest BCUT2D eigenvalue weighted by molar-refractivity contribution is -0.385. The summed E-state index contributed by atoms with van der Waals surface area (Å²) in [7, 11) is 0. The Morgan fingerprint density at radius 3 is 2.69 bits per heavy atom. The Labute approximate surface area is 160 Å². The third-order valence-electron chi connectivity index (χ3n) is 3.64. The highest BCUT2D eigenvalue weighted by Crippen LogP contribution is 2.35. The highest BCUT2D eigenvalue weighted by Gasteiger charge is 2.36. The fourth-order valence-corrected chi connectivity index (χ4v) is 3.60. The standard InChI is InChI=1S/C17H10BrFN2O4S/c18-12-5-6-13(19)11(7-12)8-15-16(22)20(17(23)26-15)9-10-3-1-2-4-14(10)21(24)25/h1-8H,9H2/b15-8-. The van der Waals surface area contributed by atoms with Crippen molar-refractivity contribution in [2.75, 3.05) is 0 Å². The normalized spacial score (nSPS) is 15.8. The zero-order chi connectivity index (χ0) is 18.8. The number of thioether (sulfide) groups is 1. The molecule has 0 bridgehead atoms. The molecule has 1 saturated heterocycles. The van der Waals surface area contributed by atoms with Gasteiger partial charge in [0.05, 0.1) is 16.4 Å². The lowest BCUT2D eigenvalue weighted by Crippen LogP contribution is -2.27. The number of carbonyl (C=O) groups is 2. The number of carbonyl (C=O) groups excluding carboxylic acids is 2. The molecule has 2 aromatic rings. The molecule has 0 saturated carbocycles. The number of nitrogens with zero attached hydrogens (tertiary/aromatic N) is 2. The average Bonchev–Trinajstić information content (AvgIpc) is 2.86. The minimum absolute atomic E-state index is 0.0607. The Kier molecular flexibility index (Phi) is 5.19. The van der Waals surface area contributed by atoms with Crippen LogP contribution in [0.1, 0.15) is 11.1 Å². The molecule has 0 N–H and O–H groups in total. The molecule has 9 heteroatoms. The number of imide groups is 1. The van der Waals surface area contributed by atoms with E-state index in [1.54, 1.807) is 6.07 Å². The van der Waals surface area contributed by atoms with E-state index in [-0.39, 0.29) is 28.3 Å². The van der Waals surface area contributed by atoms with Gasteiger partial charge in [-0.15, -0.1) is 0 Å². The molecule has 1 aliphatic rings. The second-order valence-corrected chi connectivity index (χ2v) is 7.23. The van der Waals surface area contributed by atoms with Crippen LogP contribution in [0.15, 0.2) is 51.8 Å². The molecule has 6 nitrogen and oxygen atoms in total. The van der Waals surface area contributed by atoms with Crippen molar-refractivity contribution in [1.82, 2.24) is 4.90 Å². The maximum absolute atomic E-state index is 13.9. The molecule has 0 aromatic heterocycles. The van der Waals surface area contributed by atoms with Crippen molar-refractivity contribution < 1.29 is 18.9 Å². The van der Waals surface area contributed by atoms with Gasteiger partial charge in [-0.3, -0.25) is 24.6 Å². The number of hydrogen-bond donors (Lipinski definition) is 0. The second-order valence-electron chi connectivity index (χ2n) is 5.32. The molecule has 0 atom stereocenters. The van der Waals surface area contributed by atoms with Crippen molar-refractivity contribution in [3.8, 4) is 0 Å². The van der Waals surface area contributed by atoms with Crippen molar-refractivity contribution in [2.24, 2.45) is 0 Å². The van der Waals surface area contributed by atoms with Gasteiger partial charge in [0.2, 0.25) is 0 Å². The monoisotopic (exact) mass is 436 g/mol. The van der Waals surface area contributed by atoms with Crippen LogP contribution in [0.25, 0.3) is 6.08 Å². The van der Waals surface area contributed by atoms with Gasteiger partial charge >= 0.3 is 0 Å². The van der Waals surface area contributed by atoms with Crippen molar-refractivity contribution in [3.63, 3.8) is 0 Å². The van der Waals surface area contributed by atoms with Crippen LogP contribution in [0.3, 0.4) is 0 Å². The van der Waals surface area contributed by atoms with E-state index < -0.39 is 21.9 Å². The van der Waals surface area contributed by atoms with Gasteiger partial charge in [-0.1, -0.05) is 34.1 Å². The van der Waals surface area contributed by atoms with E-state index >= 15 is 0 Å². The van der Waals surface area contributed by atoms with Gasteiger partial charge in [0.1, 0.15) is 5.82 Å². The summed E-state index contributed by atoms with van der Waals surface area (Å²) in [6.45, 7) is -0.222. The fraction of sp³-hybridized carbons (Fsp3) is 0.0588. The first kappa shape index (κ1) is 18.3. The van der Waals surface area contributed by atoms with Crippen molar-refractivity contribution in [3.05, 3.63) is 78.9 Å². The number of para-hydroxylation sites is 1. The van der Waals surface area contributed by atoms with E-state index in [4.69, 9.17) is 0 Å². The second kappa shape index (κ2) is 7.38. The molecule has 0 spiro atoms. The summed E-state index contributed by atoms with van der Waals surface area (Å²) in [6, 6.07) is 10.1. The van der Waals surface area contributed by atoms with Crippen LogP contribution in [-0.2, 0) is 11.3 Å². The van der Waals surface area contributed by atoms with Gasteiger partial charge in [0.15, 0.2) is 0 Å². The van der Waals surface area contributed by atoms with Crippen molar-refractivity contribution in [2.45, 2.75) is 6.54 Å². The first-order chi connectivity index (χ1) is 12.4. The number of hydrogen-bond acceptors (Lipinski definition) is 5. The zero-order valence-electron chi connectivity index (χ0n) is 13.0. The van der Waals surface area contributed by atoms with Crippen LogP contribution in [0.2, 0.25) is 0 Å². The summed E-state index contributed by atoms with van der Waals surface area (Å²) < 4.78 is 14.5. The first-order valence-electron chi connectivity index (χ1n) is 7.29. The molecular formula is C17H10BrFN2O4S. The molecule has 0 radical (unpaired) electrons. The third-order valence-corrected chi connectivity index (χ3v) is 5.04. The molecule has 2 aromatic carbocycles. The molecule has 3 rings (SSSR count). The zero-order valence-corrected chi connectivity index (χ0v) is 15.4. The fourth-order valence-electron chi connectivity index (χ4n) is 2.40. The average molecular weight is 437 g/mol. The van der Waals surface area contributed by atoms with Gasteiger partial charge in [-0.05, 0) is 36.0 Å². The van der Waals surface area contributed by atoms with E-state index in [2.05, 4.69) is 15.9 Å². The number of rotatable bonds is 4. The van der Waals surface area contributed by atoms with Crippen molar-refractivity contribution in [1.29, 1.82) is 0 Å². The van der Waals surface area contributed by atoms with Gasteiger partial charge in [-0.25, -0.2) is 4.39 Å². The van der Waals surface area contributed by atoms with E-state index in [0.717, 1.165) is 4.90 Å². The predicted molar refractivity (Wildman–Crippen MR) is 98.7 cm³/mol. The Hall–Kier alpha value is -2.52. The molecular weight excluding hydrogens is 427 g/mol. The Bertz CT molecular complexity index is 964. The summed E-state index contributed by atoms with van der Waals surface area (Å²) >= 11 is 3.89. The minimum Gasteiger partial charge on any atom is -0.268 e. The summed E-state index contributed by atoms with van der Waals surface area (Å²) in [4.78, 5) is 36.2. The van der Waals surface area contributed by atoms with Crippen LogP contribution in [0, 0.1) is 15.9 Å². The van der Waals surface area contributed by atoms with E-state index in [9.17, 15) is 24.1 Å². The molecule has 26 heavy (non-hydrogen) atoms. The quantitative estimate of drug-likeness (QED) is 0.393. The van der Waals surface area contributed by atoms with E-state index in [0.29, 0.717) is 16.2 Å². The summed E-state index contributed by atoms with van der Waals surface area (Å²) in [5, 5.41) is 10.5. The molecule has 0 aliphatic carbocycles. The first-order valence-corrected chi connectivity index (χ1v) is 8.90. The summed E-state index contributed by atoms with van der Waals surface area (Å²) in [6.07, 6.45) is 1.30. The maximum atomic E-state index is 13.9. The Morgan fingerprint density at radius 2 is 1.96 bits per heavy atom. The van der Waals surface area contributed by atoms with Crippen LogP contribution < -0.4 is 0 Å². The Morgan fingerprint density at radius 1 is 1.23 bits per heavy atom. The number of halogens is 2. The summed E-state index contributed by atoms with van der Waals surface area (Å²) in [5.41, 5.74) is 0.235. The van der Waals surface area contributed by atoms with Gasteiger partial charge < -0.3 is 0 Å². The van der Waals surface area contributed by atoms with E-state index in [1.807, 2.05) is 0 Å². The number of benzene rings is 2.